The first-order valence-corrected chi connectivity index (χ1v) is 5.69. The van der Waals surface area contributed by atoms with Gasteiger partial charge in [-0.2, -0.15) is 0 Å². The van der Waals surface area contributed by atoms with Crippen LogP contribution in [0, 0.1) is 5.82 Å². The molecule has 1 unspecified atom stereocenters. The number of fused-ring (bicyclic) bond motifs is 1. The number of rotatable bonds is 2. The largest absolute Gasteiger partial charge is 0.300 e. The molecule has 0 heterocycles. The predicted octanol–water partition coefficient (Wildman–Crippen LogP) is 3.42. The lowest BCUT2D eigenvalue weighted by molar-refractivity contribution is 0.257. The standard InChI is InChI=1S/C12H15ClFN/c1-3-15(2)12-5-4-9-10(12)6-8(13)7-11(9)14/h6-7,12H,3-5H2,1-2H3. The van der Waals surface area contributed by atoms with E-state index in [1.807, 2.05) is 6.07 Å². The van der Waals surface area contributed by atoms with E-state index in [-0.39, 0.29) is 5.82 Å². The van der Waals surface area contributed by atoms with Crippen LogP contribution in [-0.4, -0.2) is 18.5 Å². The normalized spacial score (nSPS) is 19.7. The Labute approximate surface area is 94.8 Å². The van der Waals surface area contributed by atoms with Crippen molar-refractivity contribution in [3.8, 4) is 0 Å². The average molecular weight is 228 g/mol. The Morgan fingerprint density at radius 2 is 2.27 bits per heavy atom. The lowest BCUT2D eigenvalue weighted by Crippen LogP contribution is -2.22. The molecule has 0 N–H and O–H groups in total. The molecular formula is C12H15ClFN. The highest BCUT2D eigenvalue weighted by atomic mass is 35.5. The molecule has 0 amide bonds. The maximum atomic E-state index is 13.6. The van der Waals surface area contributed by atoms with Crippen LogP contribution in [0.1, 0.15) is 30.5 Å². The third kappa shape index (κ3) is 1.88. The quantitative estimate of drug-likeness (QED) is 0.749. The zero-order chi connectivity index (χ0) is 11.0. The number of nitrogens with zero attached hydrogens (tertiary/aromatic N) is 1. The summed E-state index contributed by atoms with van der Waals surface area (Å²) >= 11 is 5.88. The molecule has 0 aliphatic heterocycles. The molecule has 0 bridgehead atoms. The molecule has 1 aliphatic carbocycles. The van der Waals surface area contributed by atoms with Crippen LogP contribution >= 0.6 is 11.6 Å². The Morgan fingerprint density at radius 3 is 2.93 bits per heavy atom. The van der Waals surface area contributed by atoms with Crippen LogP contribution in [0.25, 0.3) is 0 Å². The molecule has 0 aromatic heterocycles. The maximum Gasteiger partial charge on any atom is 0.128 e. The van der Waals surface area contributed by atoms with Gasteiger partial charge in [0.2, 0.25) is 0 Å². The number of hydrogen-bond acceptors (Lipinski definition) is 1. The van der Waals surface area contributed by atoms with Gasteiger partial charge in [0.15, 0.2) is 0 Å². The summed E-state index contributed by atoms with van der Waals surface area (Å²) in [5.74, 6) is -0.149. The van der Waals surface area contributed by atoms with Gasteiger partial charge >= 0.3 is 0 Å². The second kappa shape index (κ2) is 4.11. The highest BCUT2D eigenvalue weighted by molar-refractivity contribution is 6.30. The van der Waals surface area contributed by atoms with Gasteiger partial charge in [0, 0.05) is 11.1 Å². The third-order valence-electron chi connectivity index (χ3n) is 3.25. The van der Waals surface area contributed by atoms with Gasteiger partial charge < -0.3 is 0 Å². The zero-order valence-corrected chi connectivity index (χ0v) is 9.81. The minimum Gasteiger partial charge on any atom is -0.300 e. The minimum absolute atomic E-state index is 0.149. The van der Waals surface area contributed by atoms with Gasteiger partial charge in [0.25, 0.3) is 0 Å². The molecule has 0 saturated heterocycles. The van der Waals surface area contributed by atoms with Crippen LogP contribution in [0.4, 0.5) is 4.39 Å². The van der Waals surface area contributed by atoms with Crippen molar-refractivity contribution in [1.82, 2.24) is 4.90 Å². The zero-order valence-electron chi connectivity index (χ0n) is 9.06. The first kappa shape index (κ1) is 10.9. The molecule has 0 spiro atoms. The van der Waals surface area contributed by atoms with Crippen LogP contribution < -0.4 is 0 Å². The fourth-order valence-electron chi connectivity index (χ4n) is 2.30. The highest BCUT2D eigenvalue weighted by Crippen LogP contribution is 2.37. The Morgan fingerprint density at radius 1 is 1.53 bits per heavy atom. The van der Waals surface area contributed by atoms with E-state index < -0.39 is 0 Å². The average Bonchev–Trinajstić information content (AvgIpc) is 2.60. The molecule has 1 aromatic rings. The van der Waals surface area contributed by atoms with E-state index in [4.69, 9.17) is 11.6 Å². The van der Waals surface area contributed by atoms with Crippen LogP contribution in [0.15, 0.2) is 12.1 Å². The minimum atomic E-state index is -0.149. The maximum absolute atomic E-state index is 13.6. The Hall–Kier alpha value is -0.600. The summed E-state index contributed by atoms with van der Waals surface area (Å²) in [6, 6.07) is 3.65. The number of benzene rings is 1. The molecule has 3 heteroatoms. The first-order chi connectivity index (χ1) is 7.13. The molecule has 2 rings (SSSR count). The lowest BCUT2D eigenvalue weighted by atomic mass is 10.1. The number of hydrogen-bond donors (Lipinski definition) is 0. The van der Waals surface area contributed by atoms with E-state index in [1.54, 1.807) is 0 Å². The molecule has 0 saturated carbocycles. The van der Waals surface area contributed by atoms with Gasteiger partial charge in [-0.25, -0.2) is 4.39 Å². The van der Waals surface area contributed by atoms with E-state index in [0.29, 0.717) is 11.1 Å². The van der Waals surface area contributed by atoms with E-state index in [9.17, 15) is 4.39 Å². The molecule has 1 aromatic carbocycles. The Bertz CT molecular complexity index is 378. The van der Waals surface area contributed by atoms with Gasteiger partial charge in [0.05, 0.1) is 0 Å². The fourth-order valence-corrected chi connectivity index (χ4v) is 2.51. The number of halogens is 2. The second-order valence-corrected chi connectivity index (χ2v) is 4.52. The van der Waals surface area contributed by atoms with Gasteiger partial charge in [-0.3, -0.25) is 4.90 Å². The van der Waals surface area contributed by atoms with Crippen LogP contribution in [0.5, 0.6) is 0 Å². The van der Waals surface area contributed by atoms with Crippen molar-refractivity contribution in [1.29, 1.82) is 0 Å². The SMILES string of the molecule is CCN(C)C1CCc2c(F)cc(Cl)cc21. The van der Waals surface area contributed by atoms with Gasteiger partial charge in [-0.05, 0) is 49.7 Å². The van der Waals surface area contributed by atoms with Gasteiger partial charge in [0.1, 0.15) is 5.82 Å². The molecule has 0 fully saturated rings. The molecular weight excluding hydrogens is 213 g/mol. The summed E-state index contributed by atoms with van der Waals surface area (Å²) < 4.78 is 13.6. The Balaban J connectivity index is 2.41. The molecule has 82 valence electrons. The van der Waals surface area contributed by atoms with Crippen molar-refractivity contribution in [2.75, 3.05) is 13.6 Å². The fraction of sp³-hybridized carbons (Fsp3) is 0.500. The molecule has 1 aliphatic rings. The Kier molecular flexibility index (Phi) is 2.98. The topological polar surface area (TPSA) is 3.24 Å². The van der Waals surface area contributed by atoms with Crippen molar-refractivity contribution in [3.63, 3.8) is 0 Å². The van der Waals surface area contributed by atoms with Crippen molar-refractivity contribution in [3.05, 3.63) is 34.1 Å². The third-order valence-corrected chi connectivity index (χ3v) is 3.47. The summed E-state index contributed by atoms with van der Waals surface area (Å²) in [6.07, 6.45) is 1.82. The van der Waals surface area contributed by atoms with Gasteiger partial charge in [-0.15, -0.1) is 0 Å². The van der Waals surface area contributed by atoms with Crippen molar-refractivity contribution in [2.24, 2.45) is 0 Å². The smallest absolute Gasteiger partial charge is 0.128 e. The summed E-state index contributed by atoms with van der Waals surface area (Å²) in [5, 5.41) is 0.502. The predicted molar refractivity (Wildman–Crippen MR) is 60.8 cm³/mol. The summed E-state index contributed by atoms with van der Waals surface area (Å²) in [6.45, 7) is 3.08. The molecule has 1 atom stereocenters. The molecule has 0 radical (unpaired) electrons. The van der Waals surface area contributed by atoms with Crippen molar-refractivity contribution in [2.45, 2.75) is 25.8 Å². The van der Waals surface area contributed by atoms with E-state index in [2.05, 4.69) is 18.9 Å². The summed E-state index contributed by atoms with van der Waals surface area (Å²) in [7, 11) is 2.07. The van der Waals surface area contributed by atoms with Crippen LogP contribution in [-0.2, 0) is 6.42 Å². The monoisotopic (exact) mass is 227 g/mol. The van der Waals surface area contributed by atoms with Gasteiger partial charge in [-0.1, -0.05) is 18.5 Å². The van der Waals surface area contributed by atoms with E-state index in [1.165, 1.54) is 6.07 Å². The first-order valence-electron chi connectivity index (χ1n) is 5.31. The summed E-state index contributed by atoms with van der Waals surface area (Å²) in [5.41, 5.74) is 1.93. The van der Waals surface area contributed by atoms with E-state index >= 15 is 0 Å². The lowest BCUT2D eigenvalue weighted by Gasteiger charge is -2.23. The molecule has 15 heavy (non-hydrogen) atoms. The van der Waals surface area contributed by atoms with Crippen molar-refractivity contribution >= 4 is 11.6 Å². The van der Waals surface area contributed by atoms with Crippen LogP contribution in [0.3, 0.4) is 0 Å². The van der Waals surface area contributed by atoms with Crippen LogP contribution in [0.2, 0.25) is 5.02 Å². The van der Waals surface area contributed by atoms with E-state index in [0.717, 1.165) is 30.5 Å². The van der Waals surface area contributed by atoms with Crippen molar-refractivity contribution < 1.29 is 4.39 Å². The highest BCUT2D eigenvalue weighted by Gasteiger charge is 2.27. The molecule has 1 nitrogen and oxygen atoms in total. The summed E-state index contributed by atoms with van der Waals surface area (Å²) in [4.78, 5) is 2.24. The second-order valence-electron chi connectivity index (χ2n) is 4.08.